The van der Waals surface area contributed by atoms with Crippen LogP contribution in [0.25, 0.3) is 6.08 Å². The summed E-state index contributed by atoms with van der Waals surface area (Å²) in [6.07, 6.45) is 1.46. The summed E-state index contributed by atoms with van der Waals surface area (Å²) >= 11 is 0.728. The molecule has 1 aliphatic heterocycles. The van der Waals surface area contributed by atoms with E-state index in [0.29, 0.717) is 5.56 Å². The summed E-state index contributed by atoms with van der Waals surface area (Å²) in [4.78, 5) is 37.6. The minimum Gasteiger partial charge on any atom is -0.481 e. The van der Waals surface area contributed by atoms with E-state index in [1.54, 1.807) is 6.07 Å². The molecule has 0 saturated carbocycles. The molecule has 0 radical (unpaired) electrons. The normalized spacial score (nSPS) is 14.9. The molecule has 1 saturated heterocycles. The number of ether oxygens (including phenoxy) is 2. The number of thioether (sulfide) groups is 1. The van der Waals surface area contributed by atoms with Gasteiger partial charge in [0.15, 0.2) is 18.2 Å². The summed E-state index contributed by atoms with van der Waals surface area (Å²) < 4.78 is 47.2. The molecule has 0 aliphatic carbocycles. The number of imide groups is 1. The van der Waals surface area contributed by atoms with E-state index < -0.39 is 36.1 Å². The number of benzene rings is 2. The highest BCUT2D eigenvalue weighted by Gasteiger charge is 2.34. The third-order valence-electron chi connectivity index (χ3n) is 4.13. The summed E-state index contributed by atoms with van der Waals surface area (Å²) in [5, 5.41) is 1.99. The molecular weight excluding hydrogens is 449 g/mol. The second-order valence-corrected chi connectivity index (χ2v) is 7.34. The Kier molecular flexibility index (Phi) is 7.77. The summed E-state index contributed by atoms with van der Waals surface area (Å²) in [7, 11) is 0. The Hall–Kier alpha value is -3.47. The fraction of sp³-hybridized carbons (Fsp3) is 0.190. The number of nitrogens with one attached hydrogen (secondary N) is 1. The maximum absolute atomic E-state index is 13.5. The van der Waals surface area contributed by atoms with Gasteiger partial charge in [0.25, 0.3) is 17.1 Å². The highest BCUT2D eigenvalue weighted by atomic mass is 32.2. The SMILES string of the molecule is O=C(COc1ccccc1F)NCCN1C(=O)S/C(=C\c2ccc(OC(F)F)cc2)C1=O. The molecule has 1 fully saturated rings. The van der Waals surface area contributed by atoms with Crippen molar-refractivity contribution >= 4 is 34.9 Å². The van der Waals surface area contributed by atoms with Crippen LogP contribution in [0.5, 0.6) is 11.5 Å². The van der Waals surface area contributed by atoms with Crippen LogP contribution in [0.4, 0.5) is 18.0 Å². The summed E-state index contributed by atoms with van der Waals surface area (Å²) in [6, 6.07) is 11.2. The fourth-order valence-electron chi connectivity index (χ4n) is 2.65. The van der Waals surface area contributed by atoms with Crippen LogP contribution < -0.4 is 14.8 Å². The van der Waals surface area contributed by atoms with E-state index in [2.05, 4.69) is 10.1 Å². The van der Waals surface area contributed by atoms with Crippen molar-refractivity contribution in [2.24, 2.45) is 0 Å². The van der Waals surface area contributed by atoms with Gasteiger partial charge < -0.3 is 14.8 Å². The van der Waals surface area contributed by atoms with Crippen molar-refractivity contribution in [2.75, 3.05) is 19.7 Å². The van der Waals surface area contributed by atoms with Crippen LogP contribution in [0.3, 0.4) is 0 Å². The number of para-hydroxylation sites is 1. The smallest absolute Gasteiger partial charge is 0.387 e. The minimum absolute atomic E-state index is 0.00948. The van der Waals surface area contributed by atoms with Gasteiger partial charge in [-0.25, -0.2) is 4.39 Å². The summed E-state index contributed by atoms with van der Waals surface area (Å²) in [6.45, 7) is -3.43. The molecule has 0 atom stereocenters. The Morgan fingerprint density at radius 3 is 2.53 bits per heavy atom. The highest BCUT2D eigenvalue weighted by Crippen LogP contribution is 2.32. The van der Waals surface area contributed by atoms with Gasteiger partial charge in [-0.15, -0.1) is 0 Å². The van der Waals surface area contributed by atoms with Gasteiger partial charge in [-0.05, 0) is 47.7 Å². The van der Waals surface area contributed by atoms with Gasteiger partial charge in [-0.3, -0.25) is 19.3 Å². The van der Waals surface area contributed by atoms with Crippen LogP contribution in [0.2, 0.25) is 0 Å². The van der Waals surface area contributed by atoms with Crippen molar-refractivity contribution in [1.82, 2.24) is 10.2 Å². The average Bonchev–Trinajstić information content (AvgIpc) is 3.01. The predicted molar refractivity (Wildman–Crippen MR) is 111 cm³/mol. The maximum atomic E-state index is 13.5. The molecule has 3 amide bonds. The van der Waals surface area contributed by atoms with Crippen LogP contribution >= 0.6 is 11.8 Å². The Labute approximate surface area is 185 Å². The van der Waals surface area contributed by atoms with Gasteiger partial charge in [0.2, 0.25) is 0 Å². The standard InChI is InChI=1S/C21H17F3N2O5S/c22-15-3-1-2-4-16(15)30-12-18(27)25-9-10-26-19(28)17(32-21(26)29)11-13-5-7-14(8-6-13)31-20(23)24/h1-8,11,20H,9-10,12H2,(H,25,27)/b17-11-. The molecule has 0 spiro atoms. The Morgan fingerprint density at radius 2 is 1.84 bits per heavy atom. The lowest BCUT2D eigenvalue weighted by Gasteiger charge is -2.13. The number of alkyl halides is 2. The largest absolute Gasteiger partial charge is 0.481 e. The molecule has 168 valence electrons. The van der Waals surface area contributed by atoms with Gasteiger partial charge in [0.05, 0.1) is 4.91 Å². The molecule has 1 heterocycles. The first-order valence-corrected chi connectivity index (χ1v) is 10.1. The van der Waals surface area contributed by atoms with Crippen molar-refractivity contribution in [3.05, 3.63) is 64.8 Å². The minimum atomic E-state index is -2.94. The lowest BCUT2D eigenvalue weighted by Crippen LogP contribution is -2.38. The second kappa shape index (κ2) is 10.7. The Morgan fingerprint density at radius 1 is 1.12 bits per heavy atom. The first-order valence-electron chi connectivity index (χ1n) is 9.28. The number of carbonyl (C=O) groups excluding carboxylic acids is 3. The van der Waals surface area contributed by atoms with Crippen molar-refractivity contribution in [3.63, 3.8) is 0 Å². The van der Waals surface area contributed by atoms with E-state index in [1.165, 1.54) is 48.5 Å². The van der Waals surface area contributed by atoms with E-state index in [-0.39, 0.29) is 29.5 Å². The zero-order valence-corrected chi connectivity index (χ0v) is 17.2. The van der Waals surface area contributed by atoms with E-state index in [4.69, 9.17) is 4.74 Å². The molecule has 2 aromatic rings. The van der Waals surface area contributed by atoms with Crippen LogP contribution in [-0.4, -0.2) is 48.3 Å². The Balaban J connectivity index is 1.48. The lowest BCUT2D eigenvalue weighted by atomic mass is 10.2. The summed E-state index contributed by atoms with van der Waals surface area (Å²) in [5.74, 6) is -1.76. The molecular formula is C21H17F3N2O5S. The number of hydrogen-bond acceptors (Lipinski definition) is 6. The highest BCUT2D eigenvalue weighted by molar-refractivity contribution is 8.18. The number of nitrogens with zero attached hydrogens (tertiary/aromatic N) is 1. The molecule has 32 heavy (non-hydrogen) atoms. The monoisotopic (exact) mass is 466 g/mol. The van der Waals surface area contributed by atoms with Crippen LogP contribution in [0, 0.1) is 5.82 Å². The molecule has 1 aliphatic rings. The fourth-order valence-corrected chi connectivity index (χ4v) is 3.52. The molecule has 7 nitrogen and oxygen atoms in total. The molecule has 0 aromatic heterocycles. The van der Waals surface area contributed by atoms with E-state index in [9.17, 15) is 27.6 Å². The molecule has 2 aromatic carbocycles. The van der Waals surface area contributed by atoms with Crippen LogP contribution in [-0.2, 0) is 9.59 Å². The molecule has 11 heteroatoms. The number of hydrogen-bond donors (Lipinski definition) is 1. The van der Waals surface area contributed by atoms with Crippen LogP contribution in [0.15, 0.2) is 53.4 Å². The van der Waals surface area contributed by atoms with Crippen LogP contribution in [0.1, 0.15) is 5.56 Å². The van der Waals surface area contributed by atoms with Gasteiger partial charge in [-0.2, -0.15) is 8.78 Å². The molecule has 3 rings (SSSR count). The first kappa shape index (κ1) is 23.2. The Bertz CT molecular complexity index is 1030. The van der Waals surface area contributed by atoms with Gasteiger partial charge in [-0.1, -0.05) is 24.3 Å². The molecule has 0 bridgehead atoms. The predicted octanol–water partition coefficient (Wildman–Crippen LogP) is 3.66. The lowest BCUT2D eigenvalue weighted by molar-refractivity contribution is -0.125. The summed E-state index contributed by atoms with van der Waals surface area (Å²) in [5.41, 5.74) is 0.524. The zero-order valence-electron chi connectivity index (χ0n) is 16.4. The topological polar surface area (TPSA) is 84.9 Å². The first-order chi connectivity index (χ1) is 15.3. The maximum Gasteiger partial charge on any atom is 0.387 e. The number of halogens is 3. The number of amides is 3. The van der Waals surface area contributed by atoms with E-state index in [1.807, 2.05) is 0 Å². The van der Waals surface area contributed by atoms with Crippen molar-refractivity contribution in [1.29, 1.82) is 0 Å². The third-order valence-corrected chi connectivity index (χ3v) is 5.04. The van der Waals surface area contributed by atoms with E-state index in [0.717, 1.165) is 16.7 Å². The quantitative estimate of drug-likeness (QED) is 0.568. The van der Waals surface area contributed by atoms with Crippen molar-refractivity contribution in [3.8, 4) is 11.5 Å². The number of carbonyl (C=O) groups is 3. The van der Waals surface area contributed by atoms with Crippen molar-refractivity contribution in [2.45, 2.75) is 6.61 Å². The van der Waals surface area contributed by atoms with Gasteiger partial charge in [0, 0.05) is 13.1 Å². The van der Waals surface area contributed by atoms with Crippen molar-refractivity contribution < 1.29 is 37.0 Å². The molecule has 1 N–H and O–H groups in total. The number of rotatable bonds is 9. The van der Waals surface area contributed by atoms with Gasteiger partial charge in [0.1, 0.15) is 5.75 Å². The second-order valence-electron chi connectivity index (χ2n) is 6.35. The average molecular weight is 466 g/mol. The zero-order chi connectivity index (χ0) is 23.1. The molecule has 0 unspecified atom stereocenters. The van der Waals surface area contributed by atoms with Gasteiger partial charge >= 0.3 is 6.61 Å². The third kappa shape index (κ3) is 6.27. The van der Waals surface area contributed by atoms with E-state index >= 15 is 0 Å².